The Labute approximate surface area is 98.0 Å². The Kier molecular flexibility index (Phi) is 5.68. The van der Waals surface area contributed by atoms with Gasteiger partial charge in [-0.05, 0) is 19.3 Å². The van der Waals surface area contributed by atoms with Crippen molar-refractivity contribution in [3.05, 3.63) is 0 Å². The lowest BCUT2D eigenvalue weighted by molar-refractivity contribution is 0.178. The zero-order chi connectivity index (χ0) is 12.0. The van der Waals surface area contributed by atoms with E-state index in [2.05, 4.69) is 17.0 Å². The molecule has 0 aliphatic carbocycles. The van der Waals surface area contributed by atoms with Crippen molar-refractivity contribution < 1.29 is 13.2 Å². The van der Waals surface area contributed by atoms with Crippen LogP contribution in [0.3, 0.4) is 0 Å². The molecule has 2 unspecified atom stereocenters. The molecule has 1 heterocycles. The fraction of sp³-hybridized carbons (Fsp3) is 1.00. The van der Waals surface area contributed by atoms with Crippen LogP contribution in [0.2, 0.25) is 0 Å². The van der Waals surface area contributed by atoms with Gasteiger partial charge in [-0.1, -0.05) is 6.92 Å². The molecule has 0 bridgehead atoms. The van der Waals surface area contributed by atoms with E-state index in [0.29, 0.717) is 25.0 Å². The molecule has 1 rings (SSSR count). The van der Waals surface area contributed by atoms with Gasteiger partial charge in [-0.2, -0.15) is 0 Å². The van der Waals surface area contributed by atoms with Crippen molar-refractivity contribution in [1.82, 2.24) is 10.0 Å². The highest BCUT2D eigenvalue weighted by molar-refractivity contribution is 7.89. The lowest BCUT2D eigenvalue weighted by Gasteiger charge is -2.19. The first-order valence-electron chi connectivity index (χ1n) is 5.83. The maximum Gasteiger partial charge on any atom is 0.212 e. The van der Waals surface area contributed by atoms with E-state index < -0.39 is 10.0 Å². The largest absolute Gasteiger partial charge is 0.381 e. The Morgan fingerprint density at radius 3 is 2.81 bits per heavy atom. The molecule has 0 spiro atoms. The Hall–Kier alpha value is -0.170. The molecule has 0 aromatic rings. The normalized spacial score (nSPS) is 23.5. The van der Waals surface area contributed by atoms with Gasteiger partial charge in [-0.25, -0.2) is 13.1 Å². The van der Waals surface area contributed by atoms with E-state index in [-0.39, 0.29) is 5.75 Å². The Balaban J connectivity index is 2.19. The van der Waals surface area contributed by atoms with Gasteiger partial charge in [-0.3, -0.25) is 0 Å². The number of nitrogens with one attached hydrogen (secondary N) is 2. The van der Waals surface area contributed by atoms with Gasteiger partial charge in [0.25, 0.3) is 0 Å². The Bertz CT molecular complexity index is 286. The molecule has 6 heteroatoms. The molecule has 1 fully saturated rings. The summed E-state index contributed by atoms with van der Waals surface area (Å²) in [5, 5.41) is 3.24. The minimum atomic E-state index is -3.09. The molecule has 16 heavy (non-hydrogen) atoms. The monoisotopic (exact) mass is 250 g/mol. The second-order valence-electron chi connectivity index (χ2n) is 4.18. The number of hydrogen-bond acceptors (Lipinski definition) is 4. The second kappa shape index (κ2) is 6.54. The summed E-state index contributed by atoms with van der Waals surface area (Å²) in [7, 11) is -3.09. The molecule has 1 aliphatic heterocycles. The zero-order valence-electron chi connectivity index (χ0n) is 10.0. The van der Waals surface area contributed by atoms with Crippen molar-refractivity contribution >= 4 is 10.0 Å². The molecule has 0 aromatic heterocycles. The summed E-state index contributed by atoms with van der Waals surface area (Å²) in [6.45, 7) is 6.42. The summed E-state index contributed by atoms with van der Waals surface area (Å²) < 4.78 is 30.5. The van der Waals surface area contributed by atoms with Crippen molar-refractivity contribution in [3.8, 4) is 0 Å². The predicted octanol–water partition coefficient (Wildman–Crippen LogP) is -0.0597. The van der Waals surface area contributed by atoms with E-state index in [0.717, 1.165) is 19.6 Å². The Morgan fingerprint density at radius 2 is 2.25 bits per heavy atom. The van der Waals surface area contributed by atoms with Gasteiger partial charge in [0, 0.05) is 25.7 Å². The van der Waals surface area contributed by atoms with Crippen LogP contribution in [0.25, 0.3) is 0 Å². The summed E-state index contributed by atoms with van der Waals surface area (Å²) in [6, 6.07) is 0.319. The van der Waals surface area contributed by atoms with E-state index >= 15 is 0 Å². The minimum Gasteiger partial charge on any atom is -0.381 e. The third-order valence-corrected chi connectivity index (χ3v) is 4.34. The molecule has 0 aromatic carbocycles. The van der Waals surface area contributed by atoms with E-state index in [9.17, 15) is 8.42 Å². The van der Waals surface area contributed by atoms with E-state index in [1.165, 1.54) is 0 Å². The van der Waals surface area contributed by atoms with Gasteiger partial charge in [0.05, 0.1) is 12.4 Å². The van der Waals surface area contributed by atoms with Crippen LogP contribution in [0.15, 0.2) is 0 Å². The summed E-state index contributed by atoms with van der Waals surface area (Å²) in [4.78, 5) is 0. The van der Waals surface area contributed by atoms with Gasteiger partial charge in [0.2, 0.25) is 10.0 Å². The number of ether oxygens (including phenoxy) is 1. The average Bonchev–Trinajstić information content (AvgIpc) is 2.69. The van der Waals surface area contributed by atoms with Crippen molar-refractivity contribution in [3.63, 3.8) is 0 Å². The van der Waals surface area contributed by atoms with Gasteiger partial charge >= 0.3 is 0 Å². The average molecular weight is 250 g/mol. The van der Waals surface area contributed by atoms with Crippen molar-refractivity contribution in [2.75, 3.05) is 32.1 Å². The molecule has 0 amide bonds. The lowest BCUT2D eigenvalue weighted by atomic mass is 10.0. The third kappa shape index (κ3) is 4.78. The van der Waals surface area contributed by atoms with Gasteiger partial charge in [0.15, 0.2) is 0 Å². The van der Waals surface area contributed by atoms with E-state index in [4.69, 9.17) is 4.74 Å². The third-order valence-electron chi connectivity index (χ3n) is 2.87. The maximum absolute atomic E-state index is 11.4. The first kappa shape index (κ1) is 13.9. The molecular weight excluding hydrogens is 228 g/mol. The second-order valence-corrected chi connectivity index (χ2v) is 6.11. The topological polar surface area (TPSA) is 67.4 Å². The molecule has 1 aliphatic rings. The summed E-state index contributed by atoms with van der Waals surface area (Å²) in [5.41, 5.74) is 0. The predicted molar refractivity (Wildman–Crippen MR) is 63.9 cm³/mol. The van der Waals surface area contributed by atoms with Gasteiger partial charge in [0.1, 0.15) is 0 Å². The fourth-order valence-corrected chi connectivity index (χ4v) is 2.80. The van der Waals surface area contributed by atoms with Gasteiger partial charge in [-0.15, -0.1) is 0 Å². The van der Waals surface area contributed by atoms with E-state index in [1.54, 1.807) is 6.92 Å². The highest BCUT2D eigenvalue weighted by Crippen LogP contribution is 2.15. The van der Waals surface area contributed by atoms with Crippen LogP contribution in [-0.2, 0) is 14.8 Å². The molecule has 5 nitrogen and oxygen atoms in total. The quantitative estimate of drug-likeness (QED) is 0.664. The summed E-state index contributed by atoms with van der Waals surface area (Å²) in [6.07, 6.45) is 1.06. The lowest BCUT2D eigenvalue weighted by Crippen LogP contribution is -2.39. The minimum absolute atomic E-state index is 0.138. The summed E-state index contributed by atoms with van der Waals surface area (Å²) >= 11 is 0. The van der Waals surface area contributed by atoms with Crippen LogP contribution in [0.5, 0.6) is 0 Å². The van der Waals surface area contributed by atoms with Crippen LogP contribution < -0.4 is 10.0 Å². The highest BCUT2D eigenvalue weighted by Gasteiger charge is 2.22. The SMILES string of the molecule is CCNS(=O)(=O)CCNC(C)C1CCOC1. The van der Waals surface area contributed by atoms with Crippen molar-refractivity contribution in [1.29, 1.82) is 0 Å². The smallest absolute Gasteiger partial charge is 0.212 e. The summed E-state index contributed by atoms with van der Waals surface area (Å²) in [5.74, 6) is 0.653. The molecule has 0 radical (unpaired) electrons. The molecule has 2 N–H and O–H groups in total. The maximum atomic E-state index is 11.4. The number of sulfonamides is 1. The van der Waals surface area contributed by atoms with Crippen LogP contribution >= 0.6 is 0 Å². The fourth-order valence-electron chi connectivity index (χ4n) is 1.83. The number of rotatable bonds is 7. The van der Waals surface area contributed by atoms with Gasteiger partial charge < -0.3 is 10.1 Å². The first-order valence-corrected chi connectivity index (χ1v) is 7.49. The van der Waals surface area contributed by atoms with Crippen LogP contribution in [0.1, 0.15) is 20.3 Å². The first-order chi connectivity index (χ1) is 7.55. The van der Waals surface area contributed by atoms with Crippen molar-refractivity contribution in [2.24, 2.45) is 5.92 Å². The zero-order valence-corrected chi connectivity index (χ0v) is 10.8. The molecule has 0 saturated carbocycles. The highest BCUT2D eigenvalue weighted by atomic mass is 32.2. The standard InChI is InChI=1S/C10H22N2O3S/c1-3-12-16(13,14)7-5-11-9(2)10-4-6-15-8-10/h9-12H,3-8H2,1-2H3. The Morgan fingerprint density at radius 1 is 1.50 bits per heavy atom. The van der Waals surface area contributed by atoms with Crippen LogP contribution in [0.4, 0.5) is 0 Å². The van der Waals surface area contributed by atoms with Crippen LogP contribution in [-0.4, -0.2) is 46.5 Å². The molecule has 96 valence electrons. The molecule has 1 saturated heterocycles. The number of hydrogen-bond donors (Lipinski definition) is 2. The molecular formula is C10H22N2O3S. The van der Waals surface area contributed by atoms with Crippen LogP contribution in [0, 0.1) is 5.92 Å². The van der Waals surface area contributed by atoms with Crippen molar-refractivity contribution in [2.45, 2.75) is 26.3 Å². The van der Waals surface area contributed by atoms with E-state index in [1.807, 2.05) is 0 Å². The molecule has 2 atom stereocenters.